The lowest BCUT2D eigenvalue weighted by molar-refractivity contribution is 0.660. The number of nitrogens with zero attached hydrogens (tertiary/aromatic N) is 15. The molecule has 27 rings (SSSR count). The molecule has 15 nitrogen and oxygen atoms in total. The van der Waals surface area contributed by atoms with Crippen molar-refractivity contribution in [2.45, 2.75) is 57.8 Å². The summed E-state index contributed by atoms with van der Waals surface area (Å²) in [6, 6.07) is 150. The second-order valence-corrected chi connectivity index (χ2v) is 38.4. The zero-order valence-corrected chi connectivity index (χ0v) is 79.5. The summed E-state index contributed by atoms with van der Waals surface area (Å²) in [5.41, 5.74) is 33.2. The highest BCUT2D eigenvalue weighted by Crippen LogP contribution is 2.57. The van der Waals surface area contributed by atoms with E-state index in [1.807, 2.05) is 237 Å². The minimum absolute atomic E-state index is 0.144. The molecule has 6 heterocycles. The lowest BCUT2D eigenvalue weighted by Gasteiger charge is -2.24. The van der Waals surface area contributed by atoms with Gasteiger partial charge in [-0.2, -0.15) is 15.8 Å². The first kappa shape index (κ1) is 86.4. The van der Waals surface area contributed by atoms with Crippen LogP contribution in [-0.2, 0) is 16.2 Å². The SMILES string of the molecule is CC1(C)c2ccccc2-c2c1ccc1c3ccccc3n(-c3ccc(-c4nc(-c5ccccc5)nc(-c5ccccc5)n4)cc3C#N)c21.CC1(C)c2ccccc2-c2cc3c4ccccc4n(-c4ccc(-c5nc(-c6ccccc6)nc(-c6ccccc6)n5)cc4C#N)c3cc21.CC1(C)c2ccccc2-c2ccc3c4ccccc4n(-c4ccc(-c5nc(-c6ccccc6)nc(-c6ccccc6)n5)cc4C#N)c3c21. The van der Waals surface area contributed by atoms with E-state index in [9.17, 15) is 15.8 Å². The zero-order valence-electron chi connectivity index (χ0n) is 79.5. The van der Waals surface area contributed by atoms with Crippen LogP contribution < -0.4 is 0 Å². The Bertz CT molecular complexity index is 9320. The summed E-state index contributed by atoms with van der Waals surface area (Å²) < 4.78 is 6.81. The molecule has 0 saturated carbocycles. The summed E-state index contributed by atoms with van der Waals surface area (Å²) in [7, 11) is 0. The standard InChI is InChI=1S/3C43H29N5/c1-43(2)34-19-11-9-18-33(34)38-35(43)23-22-32-31-17-10-12-20-37(31)48(39(32)38)36-24-21-29(25-30(36)26-44)42-46-40(27-13-5-3-6-14-27)45-41(47-42)28-15-7-4-8-16-28;1-43(2)35-19-11-9-17-31(35)33-22-23-34-32-18-10-12-20-37(32)48(39(34)38(33)43)36-24-21-29(25-30(36)26-44)42-46-40(27-13-5-3-6-14-27)45-41(47-42)28-15-7-4-8-16-28;1-43(2)35-19-11-9-17-31(35)33-24-34-32-18-10-12-20-38(32)48(39(34)25-36(33)43)37-22-21-29(23-30(37)26-44)42-46-40(27-13-5-3-6-14-27)45-41(47-42)28-15-7-4-8-16-28/h3*3-25H,1-2H3. The topological polar surface area (TPSA) is 202 Å². The maximum Gasteiger partial charge on any atom is 0.164 e. The van der Waals surface area contributed by atoms with Crippen LogP contribution in [0.3, 0.4) is 0 Å². The van der Waals surface area contributed by atoms with Crippen LogP contribution in [-0.4, -0.2) is 58.6 Å². The van der Waals surface area contributed by atoms with Crippen LogP contribution in [0.2, 0.25) is 0 Å². The van der Waals surface area contributed by atoms with Crippen LogP contribution in [0.15, 0.2) is 419 Å². The second-order valence-electron chi connectivity index (χ2n) is 38.4. The van der Waals surface area contributed by atoms with Crippen molar-refractivity contribution in [2.75, 3.05) is 0 Å². The summed E-state index contributed by atoms with van der Waals surface area (Å²) in [5, 5.41) is 39.1. The first-order chi connectivity index (χ1) is 70.6. The second kappa shape index (κ2) is 34.5. The smallest absolute Gasteiger partial charge is 0.164 e. The van der Waals surface area contributed by atoms with Gasteiger partial charge in [0.2, 0.25) is 0 Å². The van der Waals surface area contributed by atoms with E-state index < -0.39 is 0 Å². The quantitative estimate of drug-likeness (QED) is 0.112. The number of hydrogen-bond acceptors (Lipinski definition) is 12. The Labute approximate surface area is 831 Å². The van der Waals surface area contributed by atoms with E-state index in [4.69, 9.17) is 44.9 Å². The van der Waals surface area contributed by atoms with Gasteiger partial charge in [-0.1, -0.05) is 375 Å². The van der Waals surface area contributed by atoms with Crippen molar-refractivity contribution < 1.29 is 0 Å². The number of fused-ring (bicyclic) bond motifs is 20. The molecule has 3 aliphatic rings. The number of rotatable bonds is 12. The molecular weight excluding hydrogens is 1760 g/mol. The highest BCUT2D eigenvalue weighted by Gasteiger charge is 2.42. The first-order valence-electron chi connectivity index (χ1n) is 48.3. The van der Waals surface area contributed by atoms with E-state index in [0.717, 1.165) is 116 Å². The molecule has 24 aromatic rings. The van der Waals surface area contributed by atoms with Gasteiger partial charge in [-0.05, 0) is 146 Å². The molecule has 0 saturated heterocycles. The normalized spacial score (nSPS) is 12.9. The van der Waals surface area contributed by atoms with E-state index in [-0.39, 0.29) is 16.2 Å². The van der Waals surface area contributed by atoms with Crippen LogP contribution in [0.25, 0.3) is 218 Å². The number of para-hydroxylation sites is 3. The summed E-state index contributed by atoms with van der Waals surface area (Å²) in [4.78, 5) is 44.0. The van der Waals surface area contributed by atoms with Crippen LogP contribution in [0.5, 0.6) is 0 Å². The Morgan fingerprint density at radius 2 is 0.486 bits per heavy atom. The molecule has 0 bridgehead atoms. The molecule has 0 fully saturated rings. The molecule has 0 unspecified atom stereocenters. The molecular formula is C129H87N15. The van der Waals surface area contributed by atoms with Crippen LogP contribution in [0.4, 0.5) is 0 Å². The fraction of sp³-hybridized carbons (Fsp3) is 0.0698. The predicted octanol–water partition coefficient (Wildman–Crippen LogP) is 30.4. The Balaban J connectivity index is 0.000000113. The molecule has 0 atom stereocenters. The molecule has 144 heavy (non-hydrogen) atoms. The first-order valence-corrected chi connectivity index (χ1v) is 48.3. The van der Waals surface area contributed by atoms with Gasteiger partial charge >= 0.3 is 0 Å². The van der Waals surface area contributed by atoms with E-state index in [2.05, 4.69) is 255 Å². The van der Waals surface area contributed by atoms with Crippen LogP contribution in [0.1, 0.15) is 91.6 Å². The van der Waals surface area contributed by atoms with E-state index >= 15 is 0 Å². The minimum Gasteiger partial charge on any atom is -0.308 e. The molecule has 0 amide bonds. The molecule has 0 aliphatic heterocycles. The van der Waals surface area contributed by atoms with Crippen molar-refractivity contribution in [1.29, 1.82) is 15.8 Å². The largest absolute Gasteiger partial charge is 0.308 e. The van der Waals surface area contributed by atoms with E-state index in [0.29, 0.717) is 69.1 Å². The Kier molecular flexibility index (Phi) is 20.7. The zero-order chi connectivity index (χ0) is 97.2. The Morgan fingerprint density at radius 1 is 0.194 bits per heavy atom. The molecule has 18 aromatic carbocycles. The number of benzene rings is 18. The molecule has 0 N–H and O–H groups in total. The fourth-order valence-electron chi connectivity index (χ4n) is 22.2. The molecule has 6 aromatic heterocycles. The van der Waals surface area contributed by atoms with Crippen molar-refractivity contribution in [2.24, 2.45) is 0 Å². The number of nitriles is 3. The van der Waals surface area contributed by atoms with Crippen molar-refractivity contribution >= 4 is 65.4 Å². The van der Waals surface area contributed by atoms with Gasteiger partial charge in [0, 0.05) is 104 Å². The number of aromatic nitrogens is 12. The minimum atomic E-state index is -0.225. The molecule has 0 spiro atoms. The van der Waals surface area contributed by atoms with Gasteiger partial charge in [-0.3, -0.25) is 0 Å². The summed E-state index contributed by atoms with van der Waals surface area (Å²) in [5.74, 6) is 5.07. The average molecular weight is 1850 g/mol. The van der Waals surface area contributed by atoms with Gasteiger partial charge in [0.25, 0.3) is 0 Å². The lowest BCUT2D eigenvalue weighted by atomic mass is 9.81. The Morgan fingerprint density at radius 3 is 0.882 bits per heavy atom. The highest BCUT2D eigenvalue weighted by molar-refractivity contribution is 6.17. The van der Waals surface area contributed by atoms with Gasteiger partial charge in [0.15, 0.2) is 52.4 Å². The third-order valence-electron chi connectivity index (χ3n) is 29.1. The van der Waals surface area contributed by atoms with Crippen molar-refractivity contribution in [3.8, 4) is 171 Å². The maximum absolute atomic E-state index is 10.7. The summed E-state index contributed by atoms with van der Waals surface area (Å²) in [6.07, 6.45) is 0. The van der Waals surface area contributed by atoms with Gasteiger partial charge in [0.05, 0.1) is 66.9 Å². The maximum atomic E-state index is 10.7. The van der Waals surface area contributed by atoms with E-state index in [1.54, 1.807) is 0 Å². The monoisotopic (exact) mass is 1850 g/mol. The average Bonchev–Trinajstić information content (AvgIpc) is 1.53. The van der Waals surface area contributed by atoms with Crippen molar-refractivity contribution in [3.05, 3.63) is 469 Å². The molecule has 678 valence electrons. The molecule has 0 radical (unpaired) electrons. The van der Waals surface area contributed by atoms with Gasteiger partial charge in [0.1, 0.15) is 18.2 Å². The lowest BCUT2D eigenvalue weighted by Crippen LogP contribution is -2.16. The van der Waals surface area contributed by atoms with E-state index in [1.165, 1.54) is 82.9 Å². The van der Waals surface area contributed by atoms with Crippen molar-refractivity contribution in [1.82, 2.24) is 58.6 Å². The molecule has 3 aliphatic carbocycles. The highest BCUT2D eigenvalue weighted by atomic mass is 15.1. The van der Waals surface area contributed by atoms with Gasteiger partial charge in [-0.25, -0.2) is 44.9 Å². The Hall–Kier alpha value is -19.1. The van der Waals surface area contributed by atoms with Crippen LogP contribution >= 0.6 is 0 Å². The van der Waals surface area contributed by atoms with Crippen LogP contribution in [0, 0.1) is 34.0 Å². The fourth-order valence-corrected chi connectivity index (χ4v) is 22.2. The van der Waals surface area contributed by atoms with Gasteiger partial charge in [-0.15, -0.1) is 0 Å². The summed E-state index contributed by atoms with van der Waals surface area (Å²) >= 11 is 0. The summed E-state index contributed by atoms with van der Waals surface area (Å²) in [6.45, 7) is 13.8. The molecule has 15 heteroatoms. The predicted molar refractivity (Wildman–Crippen MR) is 578 cm³/mol. The third-order valence-corrected chi connectivity index (χ3v) is 29.1. The number of hydrogen-bond donors (Lipinski definition) is 0. The van der Waals surface area contributed by atoms with Gasteiger partial charge < -0.3 is 13.7 Å². The third kappa shape index (κ3) is 14.2. The van der Waals surface area contributed by atoms with Crippen molar-refractivity contribution in [3.63, 3.8) is 0 Å².